The van der Waals surface area contributed by atoms with E-state index in [1.54, 1.807) is 0 Å². The molecule has 2 heteroatoms. The molecular weight excluding hydrogens is 188 g/mol. The van der Waals surface area contributed by atoms with Gasteiger partial charge in [-0.25, -0.2) is 0 Å². The fourth-order valence-corrected chi connectivity index (χ4v) is 6.81. The lowest BCUT2D eigenvalue weighted by Crippen LogP contribution is -2.57. The highest BCUT2D eigenvalue weighted by Gasteiger charge is 2.92. The molecule has 8 atom stereocenters. The van der Waals surface area contributed by atoms with Gasteiger partial charge >= 0.3 is 0 Å². The normalized spacial score (nSPS) is 75.9. The molecule has 0 amide bonds. The maximum atomic E-state index is 12.4. The molecule has 0 heterocycles. The van der Waals surface area contributed by atoms with Gasteiger partial charge in [0.15, 0.2) is 0 Å². The van der Waals surface area contributed by atoms with Crippen LogP contribution in [0.25, 0.3) is 0 Å². The van der Waals surface area contributed by atoms with Gasteiger partial charge in [0.05, 0.1) is 0 Å². The minimum Gasteiger partial charge on any atom is -0.299 e. The summed E-state index contributed by atoms with van der Waals surface area (Å²) in [4.78, 5) is 24.8. The van der Waals surface area contributed by atoms with Gasteiger partial charge in [0, 0.05) is 22.7 Å². The van der Waals surface area contributed by atoms with Crippen molar-refractivity contribution in [3.05, 3.63) is 0 Å². The largest absolute Gasteiger partial charge is 0.299 e. The molecule has 78 valence electrons. The molecule has 0 N–H and O–H groups in total. The standard InChI is InChI=1S/C13H14O2/c1-12-5-3-4-7-6(5)9(11(12)15)13(7,2)10(14)8(4)12/h4-9H,3H2,1-2H3. The van der Waals surface area contributed by atoms with E-state index < -0.39 is 0 Å². The molecule has 0 aromatic heterocycles. The summed E-state index contributed by atoms with van der Waals surface area (Å²) in [6.45, 7) is 4.18. The Morgan fingerprint density at radius 1 is 1.07 bits per heavy atom. The molecule has 0 radical (unpaired) electrons. The van der Waals surface area contributed by atoms with E-state index in [-0.39, 0.29) is 22.7 Å². The van der Waals surface area contributed by atoms with Crippen molar-refractivity contribution >= 4 is 11.6 Å². The topological polar surface area (TPSA) is 34.1 Å². The smallest absolute Gasteiger partial charge is 0.144 e. The van der Waals surface area contributed by atoms with Crippen LogP contribution < -0.4 is 0 Å². The van der Waals surface area contributed by atoms with E-state index in [0.29, 0.717) is 35.2 Å². The van der Waals surface area contributed by atoms with Gasteiger partial charge in [-0.3, -0.25) is 9.59 Å². The third-order valence-electron chi connectivity index (χ3n) is 7.06. The fourth-order valence-electron chi connectivity index (χ4n) is 6.81. The summed E-state index contributed by atoms with van der Waals surface area (Å²) < 4.78 is 0. The van der Waals surface area contributed by atoms with Gasteiger partial charge < -0.3 is 0 Å². The molecule has 2 nitrogen and oxygen atoms in total. The zero-order valence-electron chi connectivity index (χ0n) is 8.99. The van der Waals surface area contributed by atoms with Crippen molar-refractivity contribution in [2.75, 3.05) is 0 Å². The van der Waals surface area contributed by atoms with Crippen LogP contribution in [0.3, 0.4) is 0 Å². The van der Waals surface area contributed by atoms with Crippen molar-refractivity contribution in [3.8, 4) is 0 Å². The molecule has 5 saturated carbocycles. The number of Topliss-reactive ketones (excluding diaryl/α,β-unsaturated/α-hetero) is 2. The van der Waals surface area contributed by atoms with E-state index in [1.165, 1.54) is 6.42 Å². The number of rotatable bonds is 0. The summed E-state index contributed by atoms with van der Waals surface area (Å²) in [5.74, 6) is 3.56. The van der Waals surface area contributed by atoms with Gasteiger partial charge in [-0.1, -0.05) is 13.8 Å². The molecule has 5 fully saturated rings. The highest BCUT2D eigenvalue weighted by Crippen LogP contribution is 2.88. The van der Waals surface area contributed by atoms with Crippen LogP contribution in [0.4, 0.5) is 0 Å². The minimum atomic E-state index is -0.219. The zero-order chi connectivity index (χ0) is 10.3. The Kier molecular flexibility index (Phi) is 0.778. The lowest BCUT2D eigenvalue weighted by molar-refractivity contribution is -0.160. The second-order valence-electron chi connectivity index (χ2n) is 6.86. The van der Waals surface area contributed by atoms with Crippen molar-refractivity contribution in [1.29, 1.82) is 0 Å². The molecule has 5 aliphatic carbocycles. The van der Waals surface area contributed by atoms with E-state index >= 15 is 0 Å². The maximum Gasteiger partial charge on any atom is 0.144 e. The summed E-state index contributed by atoms with van der Waals surface area (Å²) in [5.41, 5.74) is -0.425. The molecule has 0 saturated heterocycles. The highest BCUT2D eigenvalue weighted by molar-refractivity contribution is 6.10. The highest BCUT2D eigenvalue weighted by atomic mass is 16.2. The Bertz CT molecular complexity index is 461. The second kappa shape index (κ2) is 1.54. The second-order valence-corrected chi connectivity index (χ2v) is 6.86. The summed E-state index contributed by atoms with van der Waals surface area (Å²) in [5, 5.41) is 0. The Morgan fingerprint density at radius 2 is 1.73 bits per heavy atom. The molecule has 8 unspecified atom stereocenters. The van der Waals surface area contributed by atoms with E-state index in [4.69, 9.17) is 0 Å². The minimum absolute atomic E-state index is 0.125. The lowest BCUT2D eigenvalue weighted by Gasteiger charge is -2.51. The van der Waals surface area contributed by atoms with E-state index in [1.807, 2.05) is 0 Å². The van der Waals surface area contributed by atoms with E-state index in [0.717, 1.165) is 0 Å². The first-order chi connectivity index (χ1) is 7.04. The molecule has 0 aromatic rings. The van der Waals surface area contributed by atoms with Crippen LogP contribution in [0.2, 0.25) is 0 Å². The summed E-state index contributed by atoms with van der Waals surface area (Å²) in [6.07, 6.45) is 1.18. The van der Waals surface area contributed by atoms with Crippen LogP contribution in [0, 0.1) is 46.3 Å². The Hall–Kier alpha value is -0.660. The summed E-state index contributed by atoms with van der Waals surface area (Å²) in [7, 11) is 0. The van der Waals surface area contributed by atoms with Gasteiger partial charge in [-0.05, 0) is 30.1 Å². The number of carbonyl (C=O) groups is 2. The summed E-state index contributed by atoms with van der Waals surface area (Å²) >= 11 is 0. The number of fused-ring (bicyclic) bond motifs is 2. The van der Waals surface area contributed by atoms with Crippen molar-refractivity contribution in [2.45, 2.75) is 20.3 Å². The van der Waals surface area contributed by atoms with Gasteiger partial charge in [-0.2, -0.15) is 0 Å². The Labute approximate surface area is 88.4 Å². The number of carbonyl (C=O) groups excluding carboxylic acids is 2. The van der Waals surface area contributed by atoms with Crippen molar-refractivity contribution in [1.82, 2.24) is 0 Å². The molecule has 5 aliphatic rings. The third kappa shape index (κ3) is 0.378. The predicted molar refractivity (Wildman–Crippen MR) is 51.8 cm³/mol. The SMILES string of the molecule is CC12C(=O)C3C4C1CC1C2C(=O)C3(C)C14. The Balaban J connectivity index is 1.94. The quantitative estimate of drug-likeness (QED) is 0.593. The van der Waals surface area contributed by atoms with Crippen molar-refractivity contribution < 1.29 is 9.59 Å². The van der Waals surface area contributed by atoms with Crippen LogP contribution in [-0.4, -0.2) is 11.6 Å². The van der Waals surface area contributed by atoms with Gasteiger partial charge in [0.2, 0.25) is 0 Å². The lowest BCUT2D eigenvalue weighted by atomic mass is 9.49. The van der Waals surface area contributed by atoms with Gasteiger partial charge in [0.1, 0.15) is 11.6 Å². The van der Waals surface area contributed by atoms with Crippen LogP contribution in [0.5, 0.6) is 0 Å². The monoisotopic (exact) mass is 202 g/mol. The number of hydrogen-bond acceptors (Lipinski definition) is 2. The average Bonchev–Trinajstić information content (AvgIpc) is 2.69. The molecule has 2 bridgehead atoms. The summed E-state index contributed by atoms with van der Waals surface area (Å²) in [6, 6.07) is 0. The van der Waals surface area contributed by atoms with Crippen LogP contribution in [-0.2, 0) is 9.59 Å². The van der Waals surface area contributed by atoms with Gasteiger partial charge in [0.25, 0.3) is 0 Å². The van der Waals surface area contributed by atoms with E-state index in [9.17, 15) is 9.59 Å². The number of ketones is 2. The predicted octanol–water partition coefficient (Wildman–Crippen LogP) is 1.29. The van der Waals surface area contributed by atoms with E-state index in [2.05, 4.69) is 13.8 Å². The first kappa shape index (κ1) is 7.59. The first-order valence-corrected chi connectivity index (χ1v) is 6.12. The Morgan fingerprint density at radius 3 is 2.47 bits per heavy atom. The third-order valence-corrected chi connectivity index (χ3v) is 7.06. The van der Waals surface area contributed by atoms with Gasteiger partial charge in [-0.15, -0.1) is 0 Å². The van der Waals surface area contributed by atoms with Crippen LogP contribution in [0.1, 0.15) is 20.3 Å². The fraction of sp³-hybridized carbons (Fsp3) is 0.846. The van der Waals surface area contributed by atoms with Crippen LogP contribution >= 0.6 is 0 Å². The molecule has 0 aromatic carbocycles. The molecule has 0 spiro atoms. The average molecular weight is 202 g/mol. The number of hydrogen-bond donors (Lipinski definition) is 0. The maximum absolute atomic E-state index is 12.4. The van der Waals surface area contributed by atoms with Crippen molar-refractivity contribution in [3.63, 3.8) is 0 Å². The van der Waals surface area contributed by atoms with Crippen LogP contribution in [0.15, 0.2) is 0 Å². The van der Waals surface area contributed by atoms with Crippen molar-refractivity contribution in [2.24, 2.45) is 46.3 Å². The molecule has 0 aliphatic heterocycles. The molecule has 5 rings (SSSR count). The first-order valence-electron chi connectivity index (χ1n) is 6.12. The molecule has 15 heavy (non-hydrogen) atoms. The zero-order valence-corrected chi connectivity index (χ0v) is 8.99. The molecular formula is C13H14O2.